The van der Waals surface area contributed by atoms with E-state index in [1.807, 2.05) is 0 Å². The third kappa shape index (κ3) is 3.71. The van der Waals surface area contributed by atoms with Gasteiger partial charge in [-0.25, -0.2) is 9.78 Å². The average Bonchev–Trinajstić information content (AvgIpc) is 2.49. The standard InChI is InChI=1S/C14H10Cl2N2O3/c1-21-14(20)10-6-9(3-4-11(10)15)18-13(19)8-2-5-12(16)17-7-8/h2-7H,1H3,(H,18,19). The predicted octanol–water partition coefficient (Wildman–Crippen LogP) is 3.43. The summed E-state index contributed by atoms with van der Waals surface area (Å²) >= 11 is 11.6. The van der Waals surface area contributed by atoms with Crippen molar-refractivity contribution in [1.82, 2.24) is 4.98 Å². The van der Waals surface area contributed by atoms with Gasteiger partial charge in [0, 0.05) is 11.9 Å². The summed E-state index contributed by atoms with van der Waals surface area (Å²) in [5, 5.41) is 3.18. The van der Waals surface area contributed by atoms with Gasteiger partial charge in [-0.05, 0) is 30.3 Å². The molecule has 5 nitrogen and oxygen atoms in total. The van der Waals surface area contributed by atoms with E-state index in [2.05, 4.69) is 15.0 Å². The van der Waals surface area contributed by atoms with E-state index in [4.69, 9.17) is 23.2 Å². The van der Waals surface area contributed by atoms with Gasteiger partial charge in [0.1, 0.15) is 5.15 Å². The molecule has 0 saturated heterocycles. The van der Waals surface area contributed by atoms with Crippen molar-refractivity contribution in [2.75, 3.05) is 12.4 Å². The molecule has 7 heteroatoms. The highest BCUT2D eigenvalue weighted by atomic mass is 35.5. The second-order valence-electron chi connectivity index (χ2n) is 4.01. The number of nitrogens with zero attached hydrogens (tertiary/aromatic N) is 1. The van der Waals surface area contributed by atoms with Crippen LogP contribution in [-0.4, -0.2) is 24.0 Å². The second kappa shape index (κ2) is 6.56. The summed E-state index contributed by atoms with van der Waals surface area (Å²) in [7, 11) is 1.25. The van der Waals surface area contributed by atoms with Crippen LogP contribution in [-0.2, 0) is 4.74 Å². The summed E-state index contributed by atoms with van der Waals surface area (Å²) in [5.74, 6) is -0.957. The molecule has 1 aromatic heterocycles. The highest BCUT2D eigenvalue weighted by Crippen LogP contribution is 2.22. The molecule has 0 bridgehead atoms. The number of pyridine rings is 1. The fraction of sp³-hybridized carbons (Fsp3) is 0.0714. The Balaban J connectivity index is 2.21. The van der Waals surface area contributed by atoms with Gasteiger partial charge in [-0.3, -0.25) is 4.79 Å². The molecule has 0 atom stereocenters. The molecule has 0 spiro atoms. The van der Waals surface area contributed by atoms with Gasteiger partial charge in [0.15, 0.2) is 0 Å². The molecule has 0 aliphatic heterocycles. The Labute approximate surface area is 130 Å². The summed E-state index contributed by atoms with van der Waals surface area (Å²) in [6.07, 6.45) is 1.36. The molecule has 0 saturated carbocycles. The number of benzene rings is 1. The summed E-state index contributed by atoms with van der Waals surface area (Å²) in [4.78, 5) is 27.4. The number of halogens is 2. The number of hydrogen-bond donors (Lipinski definition) is 1. The Morgan fingerprint density at radius 1 is 1.19 bits per heavy atom. The maximum Gasteiger partial charge on any atom is 0.339 e. The lowest BCUT2D eigenvalue weighted by atomic mass is 10.2. The molecule has 1 heterocycles. The zero-order chi connectivity index (χ0) is 15.4. The van der Waals surface area contributed by atoms with E-state index in [0.29, 0.717) is 16.4 Å². The van der Waals surface area contributed by atoms with E-state index in [0.717, 1.165) is 0 Å². The quantitative estimate of drug-likeness (QED) is 0.693. The number of amides is 1. The normalized spacial score (nSPS) is 10.0. The van der Waals surface area contributed by atoms with Gasteiger partial charge in [0.25, 0.3) is 5.91 Å². The summed E-state index contributed by atoms with van der Waals surface area (Å²) in [6, 6.07) is 7.58. The van der Waals surface area contributed by atoms with Gasteiger partial charge in [0.2, 0.25) is 0 Å². The largest absolute Gasteiger partial charge is 0.465 e. The lowest BCUT2D eigenvalue weighted by molar-refractivity contribution is 0.0600. The molecule has 0 aliphatic carbocycles. The fourth-order valence-electron chi connectivity index (χ4n) is 1.58. The van der Waals surface area contributed by atoms with E-state index in [1.54, 1.807) is 12.1 Å². The molecule has 21 heavy (non-hydrogen) atoms. The Morgan fingerprint density at radius 3 is 2.57 bits per heavy atom. The zero-order valence-electron chi connectivity index (χ0n) is 10.9. The van der Waals surface area contributed by atoms with Crippen LogP contribution in [0.2, 0.25) is 10.2 Å². The first-order valence-corrected chi connectivity index (χ1v) is 6.57. The Morgan fingerprint density at radius 2 is 1.95 bits per heavy atom. The molecular weight excluding hydrogens is 315 g/mol. The first-order valence-electron chi connectivity index (χ1n) is 5.82. The first-order chi connectivity index (χ1) is 10.0. The van der Waals surface area contributed by atoms with Crippen LogP contribution in [0.5, 0.6) is 0 Å². The number of nitrogens with one attached hydrogen (secondary N) is 1. The van der Waals surface area contributed by atoms with Crippen LogP contribution in [0.1, 0.15) is 20.7 Å². The molecule has 2 aromatic rings. The van der Waals surface area contributed by atoms with Crippen molar-refractivity contribution in [3.8, 4) is 0 Å². The molecule has 0 fully saturated rings. The van der Waals surface area contributed by atoms with Crippen molar-refractivity contribution in [3.63, 3.8) is 0 Å². The van der Waals surface area contributed by atoms with Crippen LogP contribution in [0.4, 0.5) is 5.69 Å². The van der Waals surface area contributed by atoms with Gasteiger partial charge >= 0.3 is 5.97 Å². The maximum absolute atomic E-state index is 12.0. The van der Waals surface area contributed by atoms with E-state index < -0.39 is 5.97 Å². The van der Waals surface area contributed by atoms with Crippen LogP contribution in [0.3, 0.4) is 0 Å². The number of ether oxygens (including phenoxy) is 1. The Bertz CT molecular complexity index is 687. The molecule has 1 amide bonds. The van der Waals surface area contributed by atoms with Crippen molar-refractivity contribution in [1.29, 1.82) is 0 Å². The van der Waals surface area contributed by atoms with Crippen LogP contribution in [0.25, 0.3) is 0 Å². The monoisotopic (exact) mass is 324 g/mol. The van der Waals surface area contributed by atoms with Crippen LogP contribution < -0.4 is 5.32 Å². The minimum atomic E-state index is -0.579. The van der Waals surface area contributed by atoms with E-state index >= 15 is 0 Å². The number of aromatic nitrogens is 1. The van der Waals surface area contributed by atoms with Gasteiger partial charge in [0.05, 0.1) is 23.3 Å². The number of carbonyl (C=O) groups excluding carboxylic acids is 2. The lowest BCUT2D eigenvalue weighted by Crippen LogP contribution is -2.13. The molecule has 108 valence electrons. The predicted molar refractivity (Wildman–Crippen MR) is 80.0 cm³/mol. The highest BCUT2D eigenvalue weighted by molar-refractivity contribution is 6.33. The van der Waals surface area contributed by atoms with Gasteiger partial charge in [-0.1, -0.05) is 23.2 Å². The van der Waals surface area contributed by atoms with Crippen molar-refractivity contribution in [2.45, 2.75) is 0 Å². The molecule has 0 unspecified atom stereocenters. The highest BCUT2D eigenvalue weighted by Gasteiger charge is 2.13. The number of rotatable bonds is 3. The number of esters is 1. The molecule has 1 N–H and O–H groups in total. The SMILES string of the molecule is COC(=O)c1cc(NC(=O)c2ccc(Cl)nc2)ccc1Cl. The summed E-state index contributed by atoms with van der Waals surface area (Å²) < 4.78 is 4.61. The van der Waals surface area contributed by atoms with Crippen molar-refractivity contribution >= 4 is 40.8 Å². The Hall–Kier alpha value is -2.11. The smallest absolute Gasteiger partial charge is 0.339 e. The number of hydrogen-bond acceptors (Lipinski definition) is 4. The van der Waals surface area contributed by atoms with Crippen molar-refractivity contribution < 1.29 is 14.3 Å². The summed E-state index contributed by atoms with van der Waals surface area (Å²) in [5.41, 5.74) is 0.930. The molecule has 0 radical (unpaired) electrons. The number of carbonyl (C=O) groups is 2. The van der Waals surface area contributed by atoms with Gasteiger partial charge in [-0.2, -0.15) is 0 Å². The van der Waals surface area contributed by atoms with Crippen molar-refractivity contribution in [2.24, 2.45) is 0 Å². The van der Waals surface area contributed by atoms with Gasteiger partial charge in [-0.15, -0.1) is 0 Å². The third-order valence-electron chi connectivity index (χ3n) is 2.62. The molecular formula is C14H10Cl2N2O3. The van der Waals surface area contributed by atoms with E-state index in [-0.39, 0.29) is 16.5 Å². The van der Waals surface area contributed by atoms with Gasteiger partial charge < -0.3 is 10.1 Å². The second-order valence-corrected chi connectivity index (χ2v) is 4.80. The maximum atomic E-state index is 12.0. The first kappa shape index (κ1) is 15.3. The minimum absolute atomic E-state index is 0.172. The molecule has 1 aromatic carbocycles. The van der Waals surface area contributed by atoms with E-state index in [1.165, 1.54) is 31.5 Å². The third-order valence-corrected chi connectivity index (χ3v) is 3.17. The molecule has 0 aliphatic rings. The number of anilines is 1. The van der Waals surface area contributed by atoms with Crippen LogP contribution in [0, 0.1) is 0 Å². The lowest BCUT2D eigenvalue weighted by Gasteiger charge is -2.08. The fourth-order valence-corrected chi connectivity index (χ4v) is 1.89. The van der Waals surface area contributed by atoms with Crippen LogP contribution >= 0.6 is 23.2 Å². The van der Waals surface area contributed by atoms with Crippen LogP contribution in [0.15, 0.2) is 36.5 Å². The topological polar surface area (TPSA) is 68.3 Å². The van der Waals surface area contributed by atoms with Crippen molar-refractivity contribution in [3.05, 3.63) is 57.8 Å². The zero-order valence-corrected chi connectivity index (χ0v) is 12.4. The summed E-state index contributed by atoms with van der Waals surface area (Å²) in [6.45, 7) is 0. The Kier molecular flexibility index (Phi) is 4.77. The number of methoxy groups -OCH3 is 1. The average molecular weight is 325 g/mol. The minimum Gasteiger partial charge on any atom is -0.465 e. The van der Waals surface area contributed by atoms with E-state index in [9.17, 15) is 9.59 Å². The molecule has 2 rings (SSSR count).